The van der Waals surface area contributed by atoms with E-state index in [9.17, 15) is 4.79 Å². The van der Waals surface area contributed by atoms with Crippen LogP contribution < -0.4 is 10.6 Å². The molecule has 1 aliphatic rings. The van der Waals surface area contributed by atoms with E-state index in [1.807, 2.05) is 29.8 Å². The summed E-state index contributed by atoms with van der Waals surface area (Å²) in [4.78, 5) is 12.7. The molecular formula is C20H30ClN5O. The molecule has 1 amide bonds. The summed E-state index contributed by atoms with van der Waals surface area (Å²) in [5, 5.41) is 14.9. The number of nitrogens with one attached hydrogen (secondary N) is 2. The van der Waals surface area contributed by atoms with Crippen LogP contribution in [-0.2, 0) is 6.42 Å². The monoisotopic (exact) mass is 391 g/mol. The van der Waals surface area contributed by atoms with Gasteiger partial charge < -0.3 is 10.6 Å². The zero-order chi connectivity index (χ0) is 18.6. The molecule has 1 saturated heterocycles. The fraction of sp³-hybridized carbons (Fsp3) is 0.550. The molecule has 1 aromatic carbocycles. The zero-order valence-corrected chi connectivity index (χ0v) is 17.2. The lowest BCUT2D eigenvalue weighted by Gasteiger charge is -2.26. The minimum absolute atomic E-state index is 0. The van der Waals surface area contributed by atoms with Gasteiger partial charge in [0.05, 0.1) is 11.7 Å². The summed E-state index contributed by atoms with van der Waals surface area (Å²) in [6.07, 6.45) is 3.83. The molecule has 1 aliphatic heterocycles. The first-order chi connectivity index (χ1) is 12.5. The molecule has 0 aliphatic carbocycles. The van der Waals surface area contributed by atoms with Crippen molar-refractivity contribution in [3.05, 3.63) is 47.3 Å². The number of rotatable bonds is 6. The normalized spacial score (nSPS) is 15.2. The molecule has 0 unspecified atom stereocenters. The summed E-state index contributed by atoms with van der Waals surface area (Å²) in [7, 11) is 0. The number of hydrogen-bond donors (Lipinski definition) is 2. The van der Waals surface area contributed by atoms with Crippen molar-refractivity contribution in [3.63, 3.8) is 0 Å². The molecular weight excluding hydrogens is 362 g/mol. The van der Waals surface area contributed by atoms with Crippen molar-refractivity contribution in [2.45, 2.75) is 58.0 Å². The van der Waals surface area contributed by atoms with Gasteiger partial charge in [-0.25, -0.2) is 4.68 Å². The van der Waals surface area contributed by atoms with Crippen LogP contribution in [0.5, 0.6) is 0 Å². The highest BCUT2D eigenvalue weighted by atomic mass is 35.5. The van der Waals surface area contributed by atoms with E-state index in [0.717, 1.165) is 44.5 Å². The zero-order valence-electron chi connectivity index (χ0n) is 16.4. The number of carbonyl (C=O) groups excluding carboxylic acids is 1. The van der Waals surface area contributed by atoms with Crippen LogP contribution in [0.4, 0.5) is 0 Å². The second kappa shape index (κ2) is 9.33. The number of benzene rings is 1. The van der Waals surface area contributed by atoms with Crippen molar-refractivity contribution in [2.75, 3.05) is 13.1 Å². The second-order valence-corrected chi connectivity index (χ2v) is 7.77. The molecule has 2 N–H and O–H groups in total. The molecule has 1 fully saturated rings. The van der Waals surface area contributed by atoms with E-state index in [1.165, 1.54) is 5.56 Å². The highest BCUT2D eigenvalue weighted by Gasteiger charge is 2.26. The molecule has 1 aromatic heterocycles. The van der Waals surface area contributed by atoms with Crippen molar-refractivity contribution < 1.29 is 4.79 Å². The van der Waals surface area contributed by atoms with Gasteiger partial charge in [-0.2, -0.15) is 0 Å². The Morgan fingerprint density at radius 3 is 2.59 bits per heavy atom. The molecule has 2 aromatic rings. The number of carbonyl (C=O) groups is 1. The fourth-order valence-electron chi connectivity index (χ4n) is 3.48. The Kier molecular flexibility index (Phi) is 7.39. The third-order valence-electron chi connectivity index (χ3n) is 5.13. The second-order valence-electron chi connectivity index (χ2n) is 7.77. The quantitative estimate of drug-likeness (QED) is 0.793. The Balaban J connectivity index is 0.00000261. The third-order valence-corrected chi connectivity index (χ3v) is 5.13. The molecule has 0 bridgehead atoms. The van der Waals surface area contributed by atoms with Crippen molar-refractivity contribution in [1.29, 1.82) is 0 Å². The maximum absolute atomic E-state index is 12.7. The molecule has 0 atom stereocenters. The maximum Gasteiger partial charge on any atom is 0.274 e. The molecule has 148 valence electrons. The predicted octanol–water partition coefficient (Wildman–Crippen LogP) is 3.07. The number of aromatic nitrogens is 3. The van der Waals surface area contributed by atoms with E-state index < -0.39 is 0 Å². The lowest BCUT2D eigenvalue weighted by atomic mass is 9.95. The molecule has 0 spiro atoms. The number of hydrogen-bond acceptors (Lipinski definition) is 4. The van der Waals surface area contributed by atoms with Crippen LogP contribution in [0.15, 0.2) is 30.3 Å². The Hall–Kier alpha value is -1.92. The summed E-state index contributed by atoms with van der Waals surface area (Å²) in [6, 6.07) is 10.7. The van der Waals surface area contributed by atoms with Gasteiger partial charge in [-0.3, -0.25) is 4.79 Å². The average Bonchev–Trinajstić information content (AvgIpc) is 3.03. The summed E-state index contributed by atoms with van der Waals surface area (Å²) in [6.45, 7) is 8.02. The van der Waals surface area contributed by atoms with E-state index in [1.54, 1.807) is 0 Å². The third kappa shape index (κ3) is 5.53. The molecule has 7 heteroatoms. The SMILES string of the molecule is Cc1c(C(=O)NC(C)(C)CCc2ccccc2)nnn1C1CCNCC1.Cl. The fourth-order valence-corrected chi connectivity index (χ4v) is 3.48. The average molecular weight is 392 g/mol. The lowest BCUT2D eigenvalue weighted by molar-refractivity contribution is 0.0903. The first-order valence-corrected chi connectivity index (χ1v) is 9.45. The Morgan fingerprint density at radius 1 is 1.26 bits per heavy atom. The maximum atomic E-state index is 12.7. The number of aryl methyl sites for hydroxylation is 1. The van der Waals surface area contributed by atoms with Crippen molar-refractivity contribution >= 4 is 18.3 Å². The largest absolute Gasteiger partial charge is 0.346 e. The summed E-state index contributed by atoms with van der Waals surface area (Å²) >= 11 is 0. The van der Waals surface area contributed by atoms with Crippen LogP contribution in [0.25, 0.3) is 0 Å². The minimum atomic E-state index is -0.308. The van der Waals surface area contributed by atoms with E-state index >= 15 is 0 Å². The molecule has 27 heavy (non-hydrogen) atoms. The Labute approximate surface area is 167 Å². The van der Waals surface area contributed by atoms with Crippen LogP contribution in [0.3, 0.4) is 0 Å². The van der Waals surface area contributed by atoms with Gasteiger partial charge in [-0.1, -0.05) is 35.5 Å². The first kappa shape index (κ1) is 21.4. The van der Waals surface area contributed by atoms with E-state index in [0.29, 0.717) is 11.7 Å². The molecule has 0 saturated carbocycles. The van der Waals surface area contributed by atoms with Gasteiger partial charge in [0.25, 0.3) is 5.91 Å². The van der Waals surface area contributed by atoms with Crippen LogP contribution in [-0.4, -0.2) is 39.5 Å². The van der Waals surface area contributed by atoms with Crippen molar-refractivity contribution in [2.24, 2.45) is 0 Å². The molecule has 2 heterocycles. The highest BCUT2D eigenvalue weighted by molar-refractivity contribution is 5.93. The topological polar surface area (TPSA) is 71.8 Å². The molecule has 6 nitrogen and oxygen atoms in total. The number of amides is 1. The smallest absolute Gasteiger partial charge is 0.274 e. The standard InChI is InChI=1S/C20H29N5O.ClH/c1-15-18(23-24-25(15)17-10-13-21-14-11-17)19(26)22-20(2,3)12-9-16-7-5-4-6-8-16;/h4-8,17,21H,9-14H2,1-3H3,(H,22,26);1H. The van der Waals surface area contributed by atoms with Gasteiger partial charge in [0.15, 0.2) is 5.69 Å². The van der Waals surface area contributed by atoms with E-state index in [2.05, 4.69) is 46.9 Å². The summed E-state index contributed by atoms with van der Waals surface area (Å²) in [5.74, 6) is -0.138. The lowest BCUT2D eigenvalue weighted by Crippen LogP contribution is -2.44. The summed E-state index contributed by atoms with van der Waals surface area (Å²) in [5.41, 5.74) is 2.27. The van der Waals surface area contributed by atoms with Crippen LogP contribution in [0, 0.1) is 6.92 Å². The molecule has 3 rings (SSSR count). The van der Waals surface area contributed by atoms with Gasteiger partial charge in [0, 0.05) is 5.54 Å². The molecule has 0 radical (unpaired) electrons. The summed E-state index contributed by atoms with van der Waals surface area (Å²) < 4.78 is 1.92. The van der Waals surface area contributed by atoms with Crippen LogP contribution in [0.1, 0.15) is 60.9 Å². The van der Waals surface area contributed by atoms with Gasteiger partial charge in [-0.15, -0.1) is 17.5 Å². The van der Waals surface area contributed by atoms with Crippen LogP contribution in [0.2, 0.25) is 0 Å². The minimum Gasteiger partial charge on any atom is -0.346 e. The van der Waals surface area contributed by atoms with E-state index in [4.69, 9.17) is 0 Å². The number of piperidine rings is 1. The first-order valence-electron chi connectivity index (χ1n) is 9.45. The van der Waals surface area contributed by atoms with Gasteiger partial charge in [0.2, 0.25) is 0 Å². The number of halogens is 1. The van der Waals surface area contributed by atoms with Gasteiger partial charge in [-0.05, 0) is 65.1 Å². The number of nitrogens with zero attached hydrogens (tertiary/aromatic N) is 3. The van der Waals surface area contributed by atoms with Crippen molar-refractivity contribution in [1.82, 2.24) is 25.6 Å². The Bertz CT molecular complexity index is 738. The van der Waals surface area contributed by atoms with E-state index in [-0.39, 0.29) is 23.9 Å². The van der Waals surface area contributed by atoms with Crippen LogP contribution >= 0.6 is 12.4 Å². The predicted molar refractivity (Wildman–Crippen MR) is 109 cm³/mol. The van der Waals surface area contributed by atoms with Gasteiger partial charge >= 0.3 is 0 Å². The highest BCUT2D eigenvalue weighted by Crippen LogP contribution is 2.21. The Morgan fingerprint density at radius 2 is 1.93 bits per heavy atom. The van der Waals surface area contributed by atoms with Crippen molar-refractivity contribution in [3.8, 4) is 0 Å². The van der Waals surface area contributed by atoms with Gasteiger partial charge in [0.1, 0.15) is 0 Å².